The van der Waals surface area contributed by atoms with Crippen LogP contribution in [-0.2, 0) is 0 Å². The minimum atomic E-state index is 0.222. The summed E-state index contributed by atoms with van der Waals surface area (Å²) in [6, 6.07) is 7.45. The van der Waals surface area contributed by atoms with Crippen LogP contribution < -0.4 is 0 Å². The second kappa shape index (κ2) is 4.19. The molecule has 0 saturated heterocycles. The van der Waals surface area contributed by atoms with Crippen molar-refractivity contribution in [3.05, 3.63) is 39.4 Å². The van der Waals surface area contributed by atoms with Crippen LogP contribution in [0.3, 0.4) is 0 Å². The third kappa shape index (κ3) is 1.98. The minimum absolute atomic E-state index is 0.222. The highest BCUT2D eigenvalue weighted by atomic mass is 35.5. The van der Waals surface area contributed by atoms with Crippen molar-refractivity contribution in [2.75, 3.05) is 0 Å². The lowest BCUT2D eigenvalue weighted by molar-refractivity contribution is 1.30. The zero-order chi connectivity index (χ0) is 10.8. The van der Waals surface area contributed by atoms with Gasteiger partial charge in [0.2, 0.25) is 0 Å². The fourth-order valence-electron chi connectivity index (χ4n) is 1.21. The topological polar surface area (TPSA) is 36.7 Å². The van der Waals surface area contributed by atoms with Gasteiger partial charge in [0.15, 0.2) is 0 Å². The average Bonchev–Trinajstić information content (AvgIpc) is 2.64. The van der Waals surface area contributed by atoms with Crippen LogP contribution in [0.25, 0.3) is 10.4 Å². The van der Waals surface area contributed by atoms with Gasteiger partial charge in [-0.15, -0.1) is 11.3 Å². The maximum absolute atomic E-state index is 8.96. The van der Waals surface area contributed by atoms with Crippen LogP contribution in [0.15, 0.2) is 24.4 Å². The molecule has 15 heavy (non-hydrogen) atoms. The fraction of sp³-hybridized carbons (Fsp3) is 0. The van der Waals surface area contributed by atoms with Gasteiger partial charge in [0.05, 0.1) is 9.90 Å². The SMILES string of the molecule is N#Cc1c(-c2ccc(Cl)s2)ccnc1Cl. The molecule has 74 valence electrons. The van der Waals surface area contributed by atoms with Gasteiger partial charge < -0.3 is 0 Å². The highest BCUT2D eigenvalue weighted by molar-refractivity contribution is 7.19. The van der Waals surface area contributed by atoms with Crippen LogP contribution in [0.4, 0.5) is 0 Å². The number of nitrogens with zero attached hydrogens (tertiary/aromatic N) is 2. The van der Waals surface area contributed by atoms with Crippen molar-refractivity contribution < 1.29 is 0 Å². The summed E-state index contributed by atoms with van der Waals surface area (Å²) in [6.07, 6.45) is 1.58. The summed E-state index contributed by atoms with van der Waals surface area (Å²) < 4.78 is 0.682. The molecule has 2 nitrogen and oxygen atoms in total. The number of pyridine rings is 1. The molecule has 0 aliphatic carbocycles. The summed E-state index contributed by atoms with van der Waals surface area (Å²) in [6.45, 7) is 0. The summed E-state index contributed by atoms with van der Waals surface area (Å²) in [5, 5.41) is 9.19. The van der Waals surface area contributed by atoms with Crippen molar-refractivity contribution in [3.63, 3.8) is 0 Å². The van der Waals surface area contributed by atoms with E-state index in [0.717, 1.165) is 10.4 Å². The Morgan fingerprint density at radius 1 is 1.27 bits per heavy atom. The van der Waals surface area contributed by atoms with Crippen LogP contribution >= 0.6 is 34.5 Å². The van der Waals surface area contributed by atoms with E-state index in [1.165, 1.54) is 11.3 Å². The van der Waals surface area contributed by atoms with Crippen LogP contribution in [0.1, 0.15) is 5.56 Å². The van der Waals surface area contributed by atoms with Gasteiger partial charge in [0.25, 0.3) is 0 Å². The Hall–Kier alpha value is -1.08. The van der Waals surface area contributed by atoms with E-state index in [0.29, 0.717) is 9.90 Å². The standard InChI is InChI=1S/C10H4Cl2N2S/c11-9-2-1-8(15-9)6-3-4-14-10(12)7(6)5-13/h1-4H. The molecule has 0 saturated carbocycles. The number of aromatic nitrogens is 1. The van der Waals surface area contributed by atoms with Crippen molar-refractivity contribution in [1.82, 2.24) is 4.98 Å². The van der Waals surface area contributed by atoms with E-state index < -0.39 is 0 Å². The maximum Gasteiger partial charge on any atom is 0.147 e. The number of nitriles is 1. The Balaban J connectivity index is 2.63. The van der Waals surface area contributed by atoms with E-state index in [-0.39, 0.29) is 5.15 Å². The molecule has 5 heteroatoms. The Kier molecular flexibility index (Phi) is 2.92. The Bertz CT molecular complexity index is 543. The first-order valence-corrected chi connectivity index (χ1v) is 5.60. The van der Waals surface area contributed by atoms with E-state index >= 15 is 0 Å². The molecule has 2 heterocycles. The van der Waals surface area contributed by atoms with Gasteiger partial charge in [0.1, 0.15) is 11.2 Å². The van der Waals surface area contributed by atoms with Gasteiger partial charge in [0, 0.05) is 16.6 Å². The molecule has 2 aromatic rings. The van der Waals surface area contributed by atoms with Crippen LogP contribution in [0, 0.1) is 11.3 Å². The summed E-state index contributed by atoms with van der Waals surface area (Å²) in [4.78, 5) is 4.77. The van der Waals surface area contributed by atoms with Gasteiger partial charge in [-0.2, -0.15) is 5.26 Å². The van der Waals surface area contributed by atoms with Crippen molar-refractivity contribution in [1.29, 1.82) is 5.26 Å². The van der Waals surface area contributed by atoms with E-state index in [4.69, 9.17) is 28.5 Å². The van der Waals surface area contributed by atoms with E-state index in [9.17, 15) is 0 Å². The first-order chi connectivity index (χ1) is 7.22. The quantitative estimate of drug-likeness (QED) is 0.722. The number of rotatable bonds is 1. The van der Waals surface area contributed by atoms with Gasteiger partial charge in [-0.1, -0.05) is 23.2 Å². The average molecular weight is 255 g/mol. The normalized spacial score (nSPS) is 9.93. The van der Waals surface area contributed by atoms with Gasteiger partial charge in [-0.05, 0) is 18.2 Å². The smallest absolute Gasteiger partial charge is 0.147 e. The Morgan fingerprint density at radius 3 is 2.67 bits per heavy atom. The van der Waals surface area contributed by atoms with E-state index in [2.05, 4.69) is 4.98 Å². The lowest BCUT2D eigenvalue weighted by Gasteiger charge is -2.00. The predicted octanol–water partition coefficient (Wildman–Crippen LogP) is 3.99. The van der Waals surface area contributed by atoms with Crippen LogP contribution in [0.5, 0.6) is 0 Å². The third-order valence-corrected chi connectivity index (χ3v) is 3.41. The molecule has 0 bridgehead atoms. The number of hydrogen-bond acceptors (Lipinski definition) is 3. The third-order valence-electron chi connectivity index (χ3n) is 1.86. The molecule has 0 unspecified atom stereocenters. The second-order valence-corrected chi connectivity index (χ2v) is 4.81. The molecule has 0 aliphatic rings. The molecule has 0 N–H and O–H groups in total. The number of halogens is 2. The van der Waals surface area contributed by atoms with Gasteiger partial charge in [-0.3, -0.25) is 0 Å². The van der Waals surface area contributed by atoms with Crippen LogP contribution in [0.2, 0.25) is 9.49 Å². The summed E-state index contributed by atoms with van der Waals surface area (Å²) in [5.74, 6) is 0. The largest absolute Gasteiger partial charge is 0.243 e. The molecule has 0 fully saturated rings. The molecule has 2 aromatic heterocycles. The molecule has 0 amide bonds. The molecular formula is C10H4Cl2N2S. The van der Waals surface area contributed by atoms with Crippen molar-refractivity contribution in [2.45, 2.75) is 0 Å². The summed E-state index contributed by atoms with van der Waals surface area (Å²) in [7, 11) is 0. The molecule has 0 aliphatic heterocycles. The Labute approximate surface area is 101 Å². The molecule has 0 aromatic carbocycles. The first-order valence-electron chi connectivity index (χ1n) is 4.02. The second-order valence-electron chi connectivity index (χ2n) is 2.74. The molecule has 0 atom stereocenters. The minimum Gasteiger partial charge on any atom is -0.243 e. The zero-order valence-electron chi connectivity index (χ0n) is 7.37. The lowest BCUT2D eigenvalue weighted by Crippen LogP contribution is -1.86. The molecule has 2 rings (SSSR count). The zero-order valence-corrected chi connectivity index (χ0v) is 9.70. The number of hydrogen-bond donors (Lipinski definition) is 0. The highest BCUT2D eigenvalue weighted by Gasteiger charge is 2.10. The lowest BCUT2D eigenvalue weighted by atomic mass is 10.1. The summed E-state index contributed by atoms with van der Waals surface area (Å²) in [5.41, 5.74) is 1.16. The molecule has 0 radical (unpaired) electrons. The number of thiophene rings is 1. The fourth-order valence-corrected chi connectivity index (χ4v) is 2.48. The van der Waals surface area contributed by atoms with Gasteiger partial charge in [-0.25, -0.2) is 4.98 Å². The van der Waals surface area contributed by atoms with Gasteiger partial charge >= 0.3 is 0 Å². The summed E-state index contributed by atoms with van der Waals surface area (Å²) >= 11 is 13.1. The maximum atomic E-state index is 8.96. The predicted molar refractivity (Wildman–Crippen MR) is 62.3 cm³/mol. The van der Waals surface area contributed by atoms with Crippen LogP contribution in [-0.4, -0.2) is 4.98 Å². The van der Waals surface area contributed by atoms with E-state index in [1.807, 2.05) is 12.1 Å². The van der Waals surface area contributed by atoms with E-state index in [1.54, 1.807) is 18.3 Å². The highest BCUT2D eigenvalue weighted by Crippen LogP contribution is 2.34. The molecular weight excluding hydrogens is 251 g/mol. The van der Waals surface area contributed by atoms with Crippen molar-refractivity contribution in [2.24, 2.45) is 0 Å². The van der Waals surface area contributed by atoms with Crippen molar-refractivity contribution >= 4 is 34.5 Å². The first kappa shape index (κ1) is 10.4. The molecule has 0 spiro atoms. The van der Waals surface area contributed by atoms with Crippen molar-refractivity contribution in [3.8, 4) is 16.5 Å². The Morgan fingerprint density at radius 2 is 2.07 bits per heavy atom. The monoisotopic (exact) mass is 254 g/mol.